The lowest BCUT2D eigenvalue weighted by Gasteiger charge is -2.33. The number of fused-ring (bicyclic) bond motifs is 5. The number of nitrogens with one attached hydrogen (secondary N) is 1. The van der Waals surface area contributed by atoms with Gasteiger partial charge in [-0.1, -0.05) is 48.5 Å². The number of carboxylic acids is 1. The highest BCUT2D eigenvalue weighted by Gasteiger charge is 2.54. The highest BCUT2D eigenvalue weighted by Crippen LogP contribution is 2.48. The van der Waals surface area contributed by atoms with Gasteiger partial charge in [-0.25, -0.2) is 4.79 Å². The van der Waals surface area contributed by atoms with Crippen molar-refractivity contribution in [3.8, 4) is 11.1 Å². The maximum absolute atomic E-state index is 12.9. The number of nitrogens with zero attached hydrogens (tertiary/aromatic N) is 1. The van der Waals surface area contributed by atoms with Crippen molar-refractivity contribution in [2.75, 3.05) is 13.2 Å². The van der Waals surface area contributed by atoms with Gasteiger partial charge in [0.25, 0.3) is 0 Å². The van der Waals surface area contributed by atoms with Crippen LogP contribution in [0, 0.1) is 0 Å². The molecule has 172 valence electrons. The number of hydrogen-bond donors (Lipinski definition) is 2. The van der Waals surface area contributed by atoms with E-state index >= 15 is 0 Å². The SMILES string of the molecule is O=C(O)CC12CCC(CC1)N2C(=O)CCNC(=O)OCC1c2ccccc2-c2ccccc21. The first-order chi connectivity index (χ1) is 16.0. The van der Waals surface area contributed by atoms with Gasteiger partial charge in [0.1, 0.15) is 6.61 Å². The predicted molar refractivity (Wildman–Crippen MR) is 122 cm³/mol. The fourth-order valence-corrected chi connectivity index (χ4v) is 6.08. The summed E-state index contributed by atoms with van der Waals surface area (Å²) >= 11 is 0. The molecule has 33 heavy (non-hydrogen) atoms. The van der Waals surface area contributed by atoms with Crippen LogP contribution in [0.2, 0.25) is 0 Å². The van der Waals surface area contributed by atoms with E-state index in [0.717, 1.165) is 36.8 Å². The summed E-state index contributed by atoms with van der Waals surface area (Å²) in [6, 6.07) is 16.4. The standard InChI is InChI=1S/C26H28N2O5/c29-23(28-17-9-12-26(28,13-10-17)15-24(30)31)11-14-27-25(32)33-16-22-20-7-3-1-5-18(20)19-6-2-4-8-21(19)22/h1-8,17,22H,9-16H2,(H,27,32)(H,30,31). The van der Waals surface area contributed by atoms with Crippen LogP contribution < -0.4 is 5.32 Å². The second-order valence-corrected chi connectivity index (χ2v) is 9.29. The lowest BCUT2D eigenvalue weighted by Crippen LogP contribution is -2.47. The van der Waals surface area contributed by atoms with Gasteiger partial charge < -0.3 is 20.1 Å². The number of carboxylic acid groups (broad SMARTS) is 1. The number of rotatable bonds is 7. The highest BCUT2D eigenvalue weighted by molar-refractivity contribution is 5.81. The van der Waals surface area contributed by atoms with Crippen LogP contribution in [0.4, 0.5) is 4.79 Å². The maximum Gasteiger partial charge on any atom is 0.407 e. The number of carbonyl (C=O) groups excluding carboxylic acids is 2. The van der Waals surface area contributed by atoms with Crippen molar-refractivity contribution in [3.63, 3.8) is 0 Å². The summed E-state index contributed by atoms with van der Waals surface area (Å²) in [4.78, 5) is 38.3. The smallest absolute Gasteiger partial charge is 0.407 e. The van der Waals surface area contributed by atoms with Crippen LogP contribution >= 0.6 is 0 Å². The zero-order valence-corrected chi connectivity index (χ0v) is 18.5. The quantitative estimate of drug-likeness (QED) is 0.670. The van der Waals surface area contributed by atoms with E-state index in [2.05, 4.69) is 29.6 Å². The Hall–Kier alpha value is -3.35. The summed E-state index contributed by atoms with van der Waals surface area (Å²) in [5.74, 6) is -0.969. The Morgan fingerprint density at radius 3 is 2.21 bits per heavy atom. The molecule has 0 atom stereocenters. The zero-order valence-electron chi connectivity index (χ0n) is 18.5. The number of ether oxygens (including phenoxy) is 1. The van der Waals surface area contributed by atoms with E-state index in [1.54, 1.807) is 4.90 Å². The second-order valence-electron chi connectivity index (χ2n) is 9.29. The molecule has 5 rings (SSSR count). The molecule has 2 heterocycles. The largest absolute Gasteiger partial charge is 0.481 e. The van der Waals surface area contributed by atoms with Crippen molar-refractivity contribution in [1.82, 2.24) is 10.2 Å². The minimum Gasteiger partial charge on any atom is -0.481 e. The minimum atomic E-state index is -0.868. The third-order valence-corrected chi connectivity index (χ3v) is 7.46. The van der Waals surface area contributed by atoms with Crippen molar-refractivity contribution < 1.29 is 24.2 Å². The lowest BCUT2D eigenvalue weighted by atomic mass is 9.85. The first-order valence-electron chi connectivity index (χ1n) is 11.6. The molecule has 2 aromatic carbocycles. The third kappa shape index (κ3) is 3.86. The summed E-state index contributed by atoms with van der Waals surface area (Å²) in [5, 5.41) is 12.0. The lowest BCUT2D eigenvalue weighted by molar-refractivity contribution is -0.143. The normalized spacial score (nSPS) is 22.7. The van der Waals surface area contributed by atoms with Gasteiger partial charge in [-0.15, -0.1) is 0 Å². The number of amides is 2. The van der Waals surface area contributed by atoms with Crippen molar-refractivity contribution >= 4 is 18.0 Å². The minimum absolute atomic E-state index is 0.00491. The van der Waals surface area contributed by atoms with Gasteiger partial charge in [-0.3, -0.25) is 9.59 Å². The highest BCUT2D eigenvalue weighted by atomic mass is 16.5. The molecular weight excluding hydrogens is 420 g/mol. The average molecular weight is 449 g/mol. The molecule has 2 fully saturated rings. The fraction of sp³-hybridized carbons (Fsp3) is 0.423. The molecule has 2 aliphatic heterocycles. The Balaban J connectivity index is 1.14. The van der Waals surface area contributed by atoms with Gasteiger partial charge in [-0.2, -0.15) is 0 Å². The van der Waals surface area contributed by atoms with Crippen LogP contribution in [0.15, 0.2) is 48.5 Å². The molecule has 0 saturated carbocycles. The number of alkyl carbamates (subject to hydrolysis) is 1. The van der Waals surface area contributed by atoms with E-state index < -0.39 is 17.6 Å². The molecule has 0 aromatic heterocycles. The number of benzene rings is 2. The van der Waals surface area contributed by atoms with Gasteiger partial charge in [0, 0.05) is 24.9 Å². The Bertz CT molecular complexity index is 1040. The van der Waals surface area contributed by atoms with E-state index in [1.807, 2.05) is 24.3 Å². The van der Waals surface area contributed by atoms with Crippen LogP contribution in [0.25, 0.3) is 11.1 Å². The Morgan fingerprint density at radius 1 is 1.00 bits per heavy atom. The van der Waals surface area contributed by atoms with Crippen LogP contribution in [-0.4, -0.2) is 52.7 Å². The molecule has 2 bridgehead atoms. The molecule has 2 N–H and O–H groups in total. The third-order valence-electron chi connectivity index (χ3n) is 7.46. The molecule has 0 unspecified atom stereocenters. The van der Waals surface area contributed by atoms with Crippen LogP contribution in [0.3, 0.4) is 0 Å². The molecule has 3 aliphatic rings. The van der Waals surface area contributed by atoms with Gasteiger partial charge >= 0.3 is 12.1 Å². The predicted octanol–water partition coefficient (Wildman–Crippen LogP) is 3.91. The first kappa shape index (κ1) is 21.5. The monoisotopic (exact) mass is 448 g/mol. The molecule has 0 spiro atoms. The van der Waals surface area contributed by atoms with Crippen molar-refractivity contribution in [2.24, 2.45) is 0 Å². The summed E-state index contributed by atoms with van der Waals surface area (Å²) in [7, 11) is 0. The van der Waals surface area contributed by atoms with Gasteiger partial charge in [0.05, 0.1) is 12.0 Å². The van der Waals surface area contributed by atoms with Crippen molar-refractivity contribution in [2.45, 2.75) is 56.0 Å². The molecule has 7 heteroatoms. The molecule has 2 aromatic rings. The molecule has 2 saturated heterocycles. The Kier molecular flexibility index (Phi) is 5.56. The van der Waals surface area contributed by atoms with E-state index in [9.17, 15) is 19.5 Å². The van der Waals surface area contributed by atoms with E-state index in [-0.39, 0.29) is 43.9 Å². The van der Waals surface area contributed by atoms with Gasteiger partial charge in [0.15, 0.2) is 0 Å². The fourth-order valence-electron chi connectivity index (χ4n) is 6.08. The number of aliphatic carboxylic acids is 1. The number of hydrogen-bond acceptors (Lipinski definition) is 4. The first-order valence-corrected chi connectivity index (χ1v) is 11.6. The molecule has 7 nitrogen and oxygen atoms in total. The summed E-state index contributed by atoms with van der Waals surface area (Å²) in [6.07, 6.45) is 2.80. The van der Waals surface area contributed by atoms with E-state index in [0.29, 0.717) is 0 Å². The molecule has 1 aliphatic carbocycles. The maximum atomic E-state index is 12.9. The molecule has 0 radical (unpaired) electrons. The summed E-state index contributed by atoms with van der Waals surface area (Å²) < 4.78 is 5.52. The summed E-state index contributed by atoms with van der Waals surface area (Å²) in [5.41, 5.74) is 4.09. The molecular formula is C26H28N2O5. The van der Waals surface area contributed by atoms with E-state index in [4.69, 9.17) is 4.74 Å². The van der Waals surface area contributed by atoms with Gasteiger partial charge in [-0.05, 0) is 47.9 Å². The Morgan fingerprint density at radius 2 is 1.61 bits per heavy atom. The van der Waals surface area contributed by atoms with Crippen LogP contribution in [0.5, 0.6) is 0 Å². The van der Waals surface area contributed by atoms with Crippen LogP contribution in [-0.2, 0) is 14.3 Å². The zero-order chi connectivity index (χ0) is 23.0. The van der Waals surface area contributed by atoms with Crippen LogP contribution in [0.1, 0.15) is 55.6 Å². The second kappa shape index (κ2) is 8.54. The molecule has 2 amide bonds. The Labute approximate surface area is 192 Å². The van der Waals surface area contributed by atoms with Gasteiger partial charge in [0.2, 0.25) is 5.91 Å². The summed E-state index contributed by atoms with van der Waals surface area (Å²) in [6.45, 7) is 0.394. The van der Waals surface area contributed by atoms with Crippen molar-refractivity contribution in [3.05, 3.63) is 59.7 Å². The van der Waals surface area contributed by atoms with E-state index in [1.165, 1.54) is 11.1 Å². The topological polar surface area (TPSA) is 95.9 Å². The number of carbonyl (C=O) groups is 3. The van der Waals surface area contributed by atoms with Crippen molar-refractivity contribution in [1.29, 1.82) is 0 Å². The average Bonchev–Trinajstić information content (AvgIpc) is 3.44.